The molecule has 0 aliphatic carbocycles. The quantitative estimate of drug-likeness (QED) is 0.884. The summed E-state index contributed by atoms with van der Waals surface area (Å²) in [7, 11) is 1.29. The van der Waals surface area contributed by atoms with Crippen LogP contribution in [-0.2, 0) is 0 Å². The Morgan fingerprint density at radius 1 is 1.53 bits per heavy atom. The average Bonchev–Trinajstić information content (AvgIpc) is 2.24. The maximum Gasteiger partial charge on any atom is 0.390 e. The Hall–Kier alpha value is -1.79. The molecule has 17 heavy (non-hydrogen) atoms. The summed E-state index contributed by atoms with van der Waals surface area (Å²) in [6, 6.07) is 2.82. The van der Waals surface area contributed by atoms with Crippen LogP contribution in [0.2, 0.25) is 0 Å². The molecule has 7 heteroatoms. The van der Waals surface area contributed by atoms with Crippen LogP contribution in [0, 0.1) is 0 Å². The highest BCUT2D eigenvalue weighted by atomic mass is 19.4. The molecule has 0 spiro atoms. The maximum absolute atomic E-state index is 12.0. The Morgan fingerprint density at radius 3 is 2.71 bits per heavy atom. The van der Waals surface area contributed by atoms with Gasteiger partial charge in [-0.1, -0.05) is 0 Å². The van der Waals surface area contributed by atoms with Gasteiger partial charge in [0.15, 0.2) is 0 Å². The molecule has 0 aliphatic rings. The molecule has 1 aromatic rings. The molecule has 0 aromatic carbocycles. The van der Waals surface area contributed by atoms with Crippen LogP contribution in [0.15, 0.2) is 18.3 Å². The first-order chi connectivity index (χ1) is 7.79. The summed E-state index contributed by atoms with van der Waals surface area (Å²) >= 11 is 0. The van der Waals surface area contributed by atoms with Crippen LogP contribution in [0.4, 0.5) is 18.9 Å². The van der Waals surface area contributed by atoms with E-state index in [0.717, 1.165) is 4.90 Å². The molecule has 1 aromatic heterocycles. The van der Waals surface area contributed by atoms with Crippen molar-refractivity contribution in [2.45, 2.75) is 12.6 Å². The molecule has 1 rings (SSSR count). The molecule has 0 radical (unpaired) electrons. The van der Waals surface area contributed by atoms with Gasteiger partial charge in [0.05, 0.1) is 6.42 Å². The lowest BCUT2D eigenvalue weighted by Gasteiger charge is -2.17. The summed E-state index contributed by atoms with van der Waals surface area (Å²) in [5.74, 6) is -0.582. The largest absolute Gasteiger partial charge is 0.399 e. The standard InChI is InChI=1S/C10H12F3N3O/c1-16(5-3-10(11,12)13)9(17)8-6-7(14)2-4-15-8/h2,4,6H,3,5H2,1H3,(H2,14,15). The molecule has 4 nitrogen and oxygen atoms in total. The second kappa shape index (κ2) is 5.03. The van der Waals surface area contributed by atoms with Gasteiger partial charge in [0.2, 0.25) is 0 Å². The molecular formula is C10H12F3N3O. The number of nitrogens with zero attached hydrogens (tertiary/aromatic N) is 2. The normalized spacial score (nSPS) is 11.3. The van der Waals surface area contributed by atoms with Crippen LogP contribution in [0.5, 0.6) is 0 Å². The first-order valence-electron chi connectivity index (χ1n) is 4.83. The van der Waals surface area contributed by atoms with Crippen molar-refractivity contribution in [1.29, 1.82) is 0 Å². The van der Waals surface area contributed by atoms with Crippen molar-refractivity contribution in [2.75, 3.05) is 19.3 Å². The van der Waals surface area contributed by atoms with Gasteiger partial charge in [-0.15, -0.1) is 0 Å². The molecule has 2 N–H and O–H groups in total. The third kappa shape index (κ3) is 4.29. The van der Waals surface area contributed by atoms with Gasteiger partial charge in [0, 0.05) is 25.5 Å². The van der Waals surface area contributed by atoms with Crippen LogP contribution < -0.4 is 5.73 Å². The van der Waals surface area contributed by atoms with E-state index in [1.807, 2.05) is 0 Å². The maximum atomic E-state index is 12.0. The second-order valence-corrected chi connectivity index (χ2v) is 3.57. The molecule has 1 amide bonds. The van der Waals surface area contributed by atoms with Gasteiger partial charge >= 0.3 is 6.18 Å². The summed E-state index contributed by atoms with van der Waals surface area (Å²) in [4.78, 5) is 16.4. The van der Waals surface area contributed by atoms with E-state index in [9.17, 15) is 18.0 Å². The number of amides is 1. The number of carbonyl (C=O) groups excluding carboxylic acids is 1. The topological polar surface area (TPSA) is 59.2 Å². The Kier molecular flexibility index (Phi) is 3.93. The predicted octanol–water partition coefficient (Wildman–Crippen LogP) is 1.69. The molecule has 0 saturated heterocycles. The van der Waals surface area contributed by atoms with Crippen LogP contribution >= 0.6 is 0 Å². The van der Waals surface area contributed by atoms with Gasteiger partial charge < -0.3 is 10.6 Å². The van der Waals surface area contributed by atoms with Crippen LogP contribution in [0.3, 0.4) is 0 Å². The van der Waals surface area contributed by atoms with Crippen LogP contribution in [0.25, 0.3) is 0 Å². The van der Waals surface area contributed by atoms with E-state index in [-0.39, 0.29) is 5.69 Å². The number of carbonyl (C=O) groups is 1. The minimum atomic E-state index is -4.28. The fourth-order valence-corrected chi connectivity index (χ4v) is 1.16. The van der Waals surface area contributed by atoms with Gasteiger partial charge in [0.25, 0.3) is 5.91 Å². The molecule has 0 saturated carbocycles. The van der Waals surface area contributed by atoms with Gasteiger partial charge in [0.1, 0.15) is 5.69 Å². The highest BCUT2D eigenvalue weighted by molar-refractivity contribution is 5.92. The third-order valence-electron chi connectivity index (χ3n) is 2.08. The van der Waals surface area contributed by atoms with E-state index in [0.29, 0.717) is 5.69 Å². The van der Waals surface area contributed by atoms with Crippen molar-refractivity contribution in [3.05, 3.63) is 24.0 Å². The smallest absolute Gasteiger partial charge is 0.390 e. The zero-order valence-electron chi connectivity index (χ0n) is 9.16. The minimum absolute atomic E-state index is 0.0367. The van der Waals surface area contributed by atoms with Crippen molar-refractivity contribution in [3.8, 4) is 0 Å². The summed E-state index contributed by atoms with van der Waals surface area (Å²) in [6.07, 6.45) is -3.99. The number of alkyl halides is 3. The highest BCUT2D eigenvalue weighted by Gasteiger charge is 2.28. The Labute approximate surface area is 96.2 Å². The molecule has 0 fully saturated rings. The highest BCUT2D eigenvalue weighted by Crippen LogP contribution is 2.19. The van der Waals surface area contributed by atoms with Crippen molar-refractivity contribution < 1.29 is 18.0 Å². The number of anilines is 1. The number of hydrogen-bond acceptors (Lipinski definition) is 3. The average molecular weight is 247 g/mol. The summed E-state index contributed by atoms with van der Waals surface area (Å²) in [5.41, 5.74) is 5.83. The SMILES string of the molecule is CN(CCC(F)(F)F)C(=O)c1cc(N)ccn1. The lowest BCUT2D eigenvalue weighted by Crippen LogP contribution is -2.31. The molecule has 0 aliphatic heterocycles. The number of rotatable bonds is 3. The second-order valence-electron chi connectivity index (χ2n) is 3.57. The van der Waals surface area contributed by atoms with Crippen molar-refractivity contribution in [1.82, 2.24) is 9.88 Å². The molecule has 94 valence electrons. The van der Waals surface area contributed by atoms with Gasteiger partial charge in [-0.3, -0.25) is 9.78 Å². The van der Waals surface area contributed by atoms with Crippen LogP contribution in [0.1, 0.15) is 16.9 Å². The first-order valence-corrected chi connectivity index (χ1v) is 4.83. The summed E-state index contributed by atoms with van der Waals surface area (Å²) < 4.78 is 35.9. The van der Waals surface area contributed by atoms with Crippen molar-refractivity contribution in [2.24, 2.45) is 0 Å². The molecule has 0 atom stereocenters. The number of halogens is 3. The van der Waals surface area contributed by atoms with Crippen LogP contribution in [-0.4, -0.2) is 35.6 Å². The predicted molar refractivity (Wildman–Crippen MR) is 56.3 cm³/mol. The molecular weight excluding hydrogens is 235 g/mol. The van der Waals surface area contributed by atoms with E-state index >= 15 is 0 Å². The van der Waals surface area contributed by atoms with E-state index in [4.69, 9.17) is 5.73 Å². The Bertz CT molecular complexity index is 406. The van der Waals surface area contributed by atoms with Crippen molar-refractivity contribution in [3.63, 3.8) is 0 Å². The lowest BCUT2D eigenvalue weighted by molar-refractivity contribution is -0.136. The fraction of sp³-hybridized carbons (Fsp3) is 0.400. The minimum Gasteiger partial charge on any atom is -0.399 e. The molecule has 0 bridgehead atoms. The fourth-order valence-electron chi connectivity index (χ4n) is 1.16. The first kappa shape index (κ1) is 13.3. The number of pyridine rings is 1. The molecule has 0 unspecified atom stereocenters. The third-order valence-corrected chi connectivity index (χ3v) is 2.08. The summed E-state index contributed by atoms with van der Waals surface area (Å²) in [6.45, 7) is -0.404. The zero-order chi connectivity index (χ0) is 13.1. The number of nitrogens with two attached hydrogens (primary N) is 1. The lowest BCUT2D eigenvalue weighted by atomic mass is 10.3. The van der Waals surface area contributed by atoms with Crippen molar-refractivity contribution >= 4 is 11.6 Å². The molecule has 1 heterocycles. The van der Waals surface area contributed by atoms with E-state index < -0.39 is 25.0 Å². The Balaban J connectivity index is 2.64. The van der Waals surface area contributed by atoms with Gasteiger partial charge in [-0.2, -0.15) is 13.2 Å². The number of aromatic nitrogens is 1. The van der Waals surface area contributed by atoms with Gasteiger partial charge in [-0.25, -0.2) is 0 Å². The monoisotopic (exact) mass is 247 g/mol. The number of hydrogen-bond donors (Lipinski definition) is 1. The van der Waals surface area contributed by atoms with E-state index in [1.54, 1.807) is 0 Å². The Morgan fingerprint density at radius 2 is 2.18 bits per heavy atom. The van der Waals surface area contributed by atoms with E-state index in [2.05, 4.69) is 4.98 Å². The number of nitrogen functional groups attached to an aromatic ring is 1. The summed E-state index contributed by atoms with van der Waals surface area (Å²) in [5, 5.41) is 0. The van der Waals surface area contributed by atoms with E-state index in [1.165, 1.54) is 25.4 Å². The van der Waals surface area contributed by atoms with Gasteiger partial charge in [-0.05, 0) is 12.1 Å². The zero-order valence-corrected chi connectivity index (χ0v) is 9.16.